The molecule has 0 aliphatic carbocycles. The molecule has 4 rings (SSSR count). The smallest absolute Gasteiger partial charge is 0.255 e. The average molecular weight is 416 g/mol. The van der Waals surface area contributed by atoms with Crippen molar-refractivity contribution in [3.8, 4) is 0 Å². The maximum absolute atomic E-state index is 13.0. The van der Waals surface area contributed by atoms with Gasteiger partial charge < -0.3 is 15.6 Å². The minimum atomic E-state index is -0.354. The lowest BCUT2D eigenvalue weighted by molar-refractivity contribution is -0.114. The third kappa shape index (κ3) is 5.14. The molecule has 0 bridgehead atoms. The van der Waals surface area contributed by atoms with E-state index in [0.717, 1.165) is 34.5 Å². The van der Waals surface area contributed by atoms with Gasteiger partial charge in [-0.3, -0.25) is 9.59 Å². The Bertz CT molecular complexity index is 1230. The van der Waals surface area contributed by atoms with Crippen molar-refractivity contribution in [3.63, 3.8) is 0 Å². The van der Waals surface area contributed by atoms with Crippen LogP contribution in [0.4, 0.5) is 15.8 Å². The second kappa shape index (κ2) is 8.79. The van der Waals surface area contributed by atoms with Gasteiger partial charge in [-0.05, 0) is 66.6 Å². The number of carbonyl (C=O) groups excluding carboxylic acids is 2. The topological polar surface area (TPSA) is 86.9 Å². The normalized spacial score (nSPS) is 10.8. The van der Waals surface area contributed by atoms with Crippen LogP contribution >= 0.6 is 0 Å². The lowest BCUT2D eigenvalue weighted by Gasteiger charge is -2.05. The number of hydrogen-bond donors (Lipinski definition) is 3. The van der Waals surface area contributed by atoms with E-state index in [1.807, 2.05) is 24.3 Å². The molecule has 0 saturated carbocycles. The highest BCUT2D eigenvalue weighted by atomic mass is 19.1. The monoisotopic (exact) mass is 416 g/mol. The van der Waals surface area contributed by atoms with Gasteiger partial charge >= 0.3 is 0 Å². The second-order valence-corrected chi connectivity index (χ2v) is 7.25. The van der Waals surface area contributed by atoms with E-state index in [0.29, 0.717) is 17.7 Å². The molecule has 3 aromatic carbocycles. The number of H-pyrrole nitrogens is 1. The molecule has 156 valence electrons. The van der Waals surface area contributed by atoms with Crippen LogP contribution in [0.1, 0.15) is 28.7 Å². The first-order chi connectivity index (χ1) is 15.0. The Hall–Kier alpha value is -4.00. The number of halogens is 1. The molecule has 31 heavy (non-hydrogen) atoms. The van der Waals surface area contributed by atoms with Crippen LogP contribution in [0.2, 0.25) is 0 Å². The first kappa shape index (κ1) is 20.3. The zero-order valence-electron chi connectivity index (χ0n) is 16.9. The van der Waals surface area contributed by atoms with Crippen molar-refractivity contribution in [2.24, 2.45) is 0 Å². The fraction of sp³-hybridized carbons (Fsp3) is 0.125. The molecule has 7 heteroatoms. The van der Waals surface area contributed by atoms with Gasteiger partial charge in [0.25, 0.3) is 5.91 Å². The molecule has 2 amide bonds. The molecule has 0 spiro atoms. The Morgan fingerprint density at radius 3 is 2.29 bits per heavy atom. The summed E-state index contributed by atoms with van der Waals surface area (Å²) in [6.45, 7) is 1.48. The highest BCUT2D eigenvalue weighted by Crippen LogP contribution is 2.18. The van der Waals surface area contributed by atoms with Crippen LogP contribution in [0.5, 0.6) is 0 Å². The molecular weight excluding hydrogens is 395 g/mol. The number of carbonyl (C=O) groups is 2. The molecule has 1 aromatic heterocycles. The first-order valence-electron chi connectivity index (χ1n) is 9.88. The van der Waals surface area contributed by atoms with Gasteiger partial charge in [0.2, 0.25) is 5.91 Å². The summed E-state index contributed by atoms with van der Waals surface area (Å²) >= 11 is 0. The molecule has 0 saturated heterocycles. The Balaban J connectivity index is 1.41. The number of imidazole rings is 1. The average Bonchev–Trinajstić information content (AvgIpc) is 3.16. The minimum absolute atomic E-state index is 0.0965. The van der Waals surface area contributed by atoms with E-state index in [1.165, 1.54) is 31.2 Å². The van der Waals surface area contributed by atoms with Gasteiger partial charge in [0, 0.05) is 30.3 Å². The summed E-state index contributed by atoms with van der Waals surface area (Å²) in [6.07, 6.45) is 1.50. The summed E-state index contributed by atoms with van der Waals surface area (Å²) in [7, 11) is 0. The van der Waals surface area contributed by atoms with Crippen molar-refractivity contribution in [2.45, 2.75) is 19.8 Å². The fourth-order valence-electron chi connectivity index (χ4n) is 3.28. The number of fused-ring (bicyclic) bond motifs is 1. The van der Waals surface area contributed by atoms with Gasteiger partial charge in [0.05, 0.1) is 11.0 Å². The summed E-state index contributed by atoms with van der Waals surface area (Å²) in [4.78, 5) is 31.5. The lowest BCUT2D eigenvalue weighted by atomic mass is 10.1. The molecule has 1 heterocycles. The number of benzene rings is 3. The van der Waals surface area contributed by atoms with E-state index < -0.39 is 0 Å². The van der Waals surface area contributed by atoms with Gasteiger partial charge in [0.15, 0.2) is 0 Å². The van der Waals surface area contributed by atoms with Crippen LogP contribution < -0.4 is 10.6 Å². The molecule has 0 fully saturated rings. The Morgan fingerprint density at radius 1 is 0.903 bits per heavy atom. The number of aromatic amines is 1. The lowest BCUT2D eigenvalue weighted by Crippen LogP contribution is -2.11. The van der Waals surface area contributed by atoms with Crippen LogP contribution in [-0.2, 0) is 17.6 Å². The van der Waals surface area contributed by atoms with Crippen molar-refractivity contribution in [1.29, 1.82) is 0 Å². The largest absolute Gasteiger partial charge is 0.342 e. The predicted molar refractivity (Wildman–Crippen MR) is 119 cm³/mol. The van der Waals surface area contributed by atoms with Crippen molar-refractivity contribution in [2.75, 3.05) is 10.6 Å². The van der Waals surface area contributed by atoms with Gasteiger partial charge in [-0.2, -0.15) is 0 Å². The maximum Gasteiger partial charge on any atom is 0.255 e. The van der Waals surface area contributed by atoms with E-state index in [4.69, 9.17) is 0 Å². The summed E-state index contributed by atoms with van der Waals surface area (Å²) in [5.41, 5.74) is 4.49. The number of nitrogens with one attached hydrogen (secondary N) is 3. The van der Waals surface area contributed by atoms with Crippen LogP contribution in [0.3, 0.4) is 0 Å². The van der Waals surface area contributed by atoms with Crippen LogP contribution in [0.25, 0.3) is 11.0 Å². The molecule has 6 nitrogen and oxygen atoms in total. The summed E-state index contributed by atoms with van der Waals surface area (Å²) in [5, 5.41) is 5.50. The highest BCUT2D eigenvalue weighted by Gasteiger charge is 2.10. The van der Waals surface area contributed by atoms with Gasteiger partial charge in [-0.1, -0.05) is 12.1 Å². The van der Waals surface area contributed by atoms with Crippen LogP contribution in [-0.4, -0.2) is 21.8 Å². The Morgan fingerprint density at radius 2 is 1.58 bits per heavy atom. The number of rotatable bonds is 6. The highest BCUT2D eigenvalue weighted by molar-refractivity contribution is 6.05. The number of aryl methyl sites for hydroxylation is 2. The van der Waals surface area contributed by atoms with Crippen molar-refractivity contribution in [3.05, 3.63) is 89.5 Å². The Labute approximate surface area is 178 Å². The molecule has 0 aliphatic heterocycles. The number of aromatic nitrogens is 2. The zero-order chi connectivity index (χ0) is 21.8. The van der Waals surface area contributed by atoms with Gasteiger partial charge in [-0.25, -0.2) is 9.37 Å². The van der Waals surface area contributed by atoms with Gasteiger partial charge in [-0.15, -0.1) is 0 Å². The van der Waals surface area contributed by atoms with E-state index >= 15 is 0 Å². The standard InChI is InChI=1S/C24H21FN4O2/c1-15(30)26-19-8-2-16(3-9-19)4-13-23-28-21-12-5-17(14-22(21)29-23)24(31)27-20-10-6-18(25)7-11-20/h2-3,5-12,14H,4,13H2,1H3,(H,26,30)(H,27,31)(H,28,29). The van der Waals surface area contributed by atoms with Crippen LogP contribution in [0.15, 0.2) is 66.7 Å². The zero-order valence-corrected chi connectivity index (χ0v) is 16.9. The summed E-state index contributed by atoms with van der Waals surface area (Å²) < 4.78 is 13.0. The van der Waals surface area contributed by atoms with Gasteiger partial charge in [0.1, 0.15) is 11.6 Å². The number of nitrogens with zero attached hydrogens (tertiary/aromatic N) is 1. The molecule has 0 radical (unpaired) electrons. The molecule has 4 aromatic rings. The van der Waals surface area contributed by atoms with Crippen molar-refractivity contribution >= 4 is 34.2 Å². The SMILES string of the molecule is CC(=O)Nc1ccc(CCc2nc3ccc(C(=O)Nc4ccc(F)cc4)cc3[nH]2)cc1. The first-order valence-corrected chi connectivity index (χ1v) is 9.88. The van der Waals surface area contributed by atoms with Crippen molar-refractivity contribution in [1.82, 2.24) is 9.97 Å². The number of amides is 2. The van der Waals surface area contributed by atoms with Crippen LogP contribution in [0, 0.1) is 5.82 Å². The van der Waals surface area contributed by atoms with E-state index in [9.17, 15) is 14.0 Å². The number of hydrogen-bond acceptors (Lipinski definition) is 3. The quantitative estimate of drug-likeness (QED) is 0.426. The van der Waals surface area contributed by atoms with Crippen molar-refractivity contribution < 1.29 is 14.0 Å². The molecule has 0 atom stereocenters. The molecule has 0 aliphatic rings. The molecule has 0 unspecified atom stereocenters. The van der Waals surface area contributed by atoms with E-state index in [2.05, 4.69) is 20.6 Å². The minimum Gasteiger partial charge on any atom is -0.342 e. The third-order valence-electron chi connectivity index (χ3n) is 4.82. The fourth-order valence-corrected chi connectivity index (χ4v) is 3.28. The second-order valence-electron chi connectivity index (χ2n) is 7.25. The predicted octanol–water partition coefficient (Wildman–Crippen LogP) is 4.70. The molecule has 3 N–H and O–H groups in total. The van der Waals surface area contributed by atoms with E-state index in [-0.39, 0.29) is 17.6 Å². The van der Waals surface area contributed by atoms with E-state index in [1.54, 1.807) is 18.2 Å². The number of anilines is 2. The Kier molecular flexibility index (Phi) is 5.75. The maximum atomic E-state index is 13.0. The summed E-state index contributed by atoms with van der Waals surface area (Å²) in [6, 6.07) is 18.6. The third-order valence-corrected chi connectivity index (χ3v) is 4.82. The summed E-state index contributed by atoms with van der Waals surface area (Å²) in [5.74, 6) is 0.106. The molecular formula is C24H21FN4O2.